The van der Waals surface area contributed by atoms with Crippen LogP contribution in [0.4, 0.5) is 5.82 Å². The van der Waals surface area contributed by atoms with Crippen molar-refractivity contribution in [2.45, 2.75) is 18.9 Å². The van der Waals surface area contributed by atoms with E-state index in [0.717, 1.165) is 36.4 Å². The molecule has 2 heterocycles. The monoisotopic (exact) mass is 255 g/mol. The topological polar surface area (TPSA) is 42.1 Å². The minimum Gasteiger partial charge on any atom is -0.355 e. The molecule has 0 bridgehead atoms. The molecule has 0 saturated carbocycles. The van der Waals surface area contributed by atoms with Gasteiger partial charge in [0.2, 0.25) is 0 Å². The highest BCUT2D eigenvalue weighted by Crippen LogP contribution is 2.18. The highest BCUT2D eigenvalue weighted by atomic mass is 79.9. The normalized spacial score (nSPS) is 22.4. The Balaban J connectivity index is 2.14. The van der Waals surface area contributed by atoms with Gasteiger partial charge in [0.1, 0.15) is 10.4 Å². The molecule has 3 nitrogen and oxygen atoms in total. The molecule has 0 spiro atoms. The SMILES string of the molecule is NC1CCCN(c2cccc(Br)n2)C1. The second-order valence-electron chi connectivity index (χ2n) is 3.67. The zero-order chi connectivity index (χ0) is 9.97. The highest BCUT2D eigenvalue weighted by molar-refractivity contribution is 9.10. The van der Waals surface area contributed by atoms with Crippen LogP contribution in [0, 0.1) is 0 Å². The molecule has 1 saturated heterocycles. The van der Waals surface area contributed by atoms with E-state index < -0.39 is 0 Å². The van der Waals surface area contributed by atoms with Crippen LogP contribution in [0.1, 0.15) is 12.8 Å². The first kappa shape index (κ1) is 9.93. The lowest BCUT2D eigenvalue weighted by atomic mass is 10.1. The minimum absolute atomic E-state index is 0.296. The minimum atomic E-state index is 0.296. The Labute approximate surface area is 92.4 Å². The Hall–Kier alpha value is -0.610. The van der Waals surface area contributed by atoms with Crippen molar-refractivity contribution >= 4 is 21.7 Å². The molecule has 1 unspecified atom stereocenters. The third-order valence-corrected chi connectivity index (χ3v) is 2.92. The summed E-state index contributed by atoms with van der Waals surface area (Å²) in [6, 6.07) is 6.27. The summed E-state index contributed by atoms with van der Waals surface area (Å²) < 4.78 is 0.883. The molecule has 1 aliphatic rings. The van der Waals surface area contributed by atoms with Crippen molar-refractivity contribution in [3.05, 3.63) is 22.8 Å². The first-order valence-corrected chi connectivity index (χ1v) is 5.68. The number of piperidine rings is 1. The zero-order valence-corrected chi connectivity index (χ0v) is 9.57. The van der Waals surface area contributed by atoms with Crippen LogP contribution in [0.2, 0.25) is 0 Å². The molecule has 14 heavy (non-hydrogen) atoms. The van der Waals surface area contributed by atoms with Gasteiger partial charge in [0.15, 0.2) is 0 Å². The fourth-order valence-corrected chi connectivity index (χ4v) is 2.13. The number of pyridine rings is 1. The molecule has 0 amide bonds. The van der Waals surface area contributed by atoms with Gasteiger partial charge in [-0.15, -0.1) is 0 Å². The lowest BCUT2D eigenvalue weighted by Gasteiger charge is -2.31. The number of nitrogens with two attached hydrogens (primary N) is 1. The van der Waals surface area contributed by atoms with Gasteiger partial charge in [0, 0.05) is 19.1 Å². The van der Waals surface area contributed by atoms with E-state index in [-0.39, 0.29) is 0 Å². The van der Waals surface area contributed by atoms with E-state index in [1.54, 1.807) is 0 Å². The molecule has 2 N–H and O–H groups in total. The highest BCUT2D eigenvalue weighted by Gasteiger charge is 2.17. The van der Waals surface area contributed by atoms with Crippen LogP contribution in [-0.4, -0.2) is 24.1 Å². The maximum atomic E-state index is 5.92. The summed E-state index contributed by atoms with van der Waals surface area (Å²) in [5.74, 6) is 1.02. The zero-order valence-electron chi connectivity index (χ0n) is 7.99. The summed E-state index contributed by atoms with van der Waals surface area (Å²) in [6.07, 6.45) is 2.29. The van der Waals surface area contributed by atoms with Gasteiger partial charge in [-0.05, 0) is 40.9 Å². The fraction of sp³-hybridized carbons (Fsp3) is 0.500. The second kappa shape index (κ2) is 4.28. The van der Waals surface area contributed by atoms with Crippen LogP contribution in [-0.2, 0) is 0 Å². The molecule has 2 rings (SSSR count). The predicted molar refractivity (Wildman–Crippen MR) is 61.4 cm³/mol. The van der Waals surface area contributed by atoms with E-state index >= 15 is 0 Å². The molecule has 0 aliphatic carbocycles. The van der Waals surface area contributed by atoms with E-state index in [2.05, 4.69) is 25.8 Å². The van der Waals surface area contributed by atoms with Crippen molar-refractivity contribution in [1.29, 1.82) is 0 Å². The number of aromatic nitrogens is 1. The largest absolute Gasteiger partial charge is 0.355 e. The number of rotatable bonds is 1. The van der Waals surface area contributed by atoms with Gasteiger partial charge in [-0.2, -0.15) is 0 Å². The maximum absolute atomic E-state index is 5.92. The summed E-state index contributed by atoms with van der Waals surface area (Å²) in [4.78, 5) is 6.67. The number of anilines is 1. The Bertz CT molecular complexity index is 316. The number of halogens is 1. The van der Waals surface area contributed by atoms with Crippen molar-refractivity contribution < 1.29 is 0 Å². The Kier molecular flexibility index (Phi) is 3.03. The molecule has 1 atom stereocenters. The van der Waals surface area contributed by atoms with Gasteiger partial charge in [-0.25, -0.2) is 4.98 Å². The summed E-state index contributed by atoms with van der Waals surface area (Å²) in [6.45, 7) is 1.99. The average molecular weight is 256 g/mol. The maximum Gasteiger partial charge on any atom is 0.129 e. The molecule has 0 aromatic carbocycles. The van der Waals surface area contributed by atoms with E-state index in [1.807, 2.05) is 18.2 Å². The molecular formula is C10H14BrN3. The predicted octanol–water partition coefficient (Wildman–Crippen LogP) is 1.77. The van der Waals surface area contributed by atoms with E-state index in [0.29, 0.717) is 6.04 Å². The molecule has 1 aliphatic heterocycles. The van der Waals surface area contributed by atoms with Crippen molar-refractivity contribution in [2.75, 3.05) is 18.0 Å². The summed E-state index contributed by atoms with van der Waals surface area (Å²) in [7, 11) is 0. The molecular weight excluding hydrogens is 242 g/mol. The summed E-state index contributed by atoms with van der Waals surface area (Å²) in [5, 5.41) is 0. The van der Waals surface area contributed by atoms with Gasteiger partial charge in [-0.3, -0.25) is 0 Å². The Morgan fingerprint density at radius 1 is 1.50 bits per heavy atom. The molecule has 0 radical (unpaired) electrons. The van der Waals surface area contributed by atoms with E-state index in [4.69, 9.17) is 5.73 Å². The van der Waals surface area contributed by atoms with Gasteiger partial charge in [0.25, 0.3) is 0 Å². The average Bonchev–Trinajstić information content (AvgIpc) is 2.18. The molecule has 1 fully saturated rings. The molecule has 76 valence electrons. The lowest BCUT2D eigenvalue weighted by Crippen LogP contribution is -2.43. The number of hydrogen-bond acceptors (Lipinski definition) is 3. The van der Waals surface area contributed by atoms with E-state index in [1.165, 1.54) is 0 Å². The van der Waals surface area contributed by atoms with Crippen LogP contribution >= 0.6 is 15.9 Å². The third kappa shape index (κ3) is 2.25. The van der Waals surface area contributed by atoms with Crippen LogP contribution in [0.5, 0.6) is 0 Å². The van der Waals surface area contributed by atoms with Gasteiger partial charge in [0.05, 0.1) is 0 Å². The number of nitrogens with zero attached hydrogens (tertiary/aromatic N) is 2. The first-order valence-electron chi connectivity index (χ1n) is 4.89. The lowest BCUT2D eigenvalue weighted by molar-refractivity contribution is 0.503. The van der Waals surface area contributed by atoms with Crippen LogP contribution < -0.4 is 10.6 Å². The second-order valence-corrected chi connectivity index (χ2v) is 4.48. The van der Waals surface area contributed by atoms with Crippen LogP contribution in [0.15, 0.2) is 22.8 Å². The Morgan fingerprint density at radius 2 is 2.36 bits per heavy atom. The molecule has 4 heteroatoms. The van der Waals surface area contributed by atoms with Gasteiger partial charge < -0.3 is 10.6 Å². The van der Waals surface area contributed by atoms with Crippen molar-refractivity contribution in [3.8, 4) is 0 Å². The van der Waals surface area contributed by atoms with Crippen molar-refractivity contribution in [3.63, 3.8) is 0 Å². The summed E-state index contributed by atoms with van der Waals surface area (Å²) in [5.41, 5.74) is 5.92. The molecule has 1 aromatic rings. The fourth-order valence-electron chi connectivity index (χ4n) is 1.79. The van der Waals surface area contributed by atoms with Crippen molar-refractivity contribution in [2.24, 2.45) is 5.73 Å². The Morgan fingerprint density at radius 3 is 3.07 bits per heavy atom. The quantitative estimate of drug-likeness (QED) is 0.779. The summed E-state index contributed by atoms with van der Waals surface area (Å²) >= 11 is 3.37. The van der Waals surface area contributed by atoms with Gasteiger partial charge in [-0.1, -0.05) is 6.07 Å². The van der Waals surface area contributed by atoms with Crippen molar-refractivity contribution in [1.82, 2.24) is 4.98 Å². The standard InChI is InChI=1S/C10H14BrN3/c11-9-4-1-5-10(13-9)14-6-2-3-8(12)7-14/h1,4-5,8H,2-3,6-7,12H2. The van der Waals surface area contributed by atoms with Crippen LogP contribution in [0.25, 0.3) is 0 Å². The molecule has 1 aromatic heterocycles. The van der Waals surface area contributed by atoms with E-state index in [9.17, 15) is 0 Å². The smallest absolute Gasteiger partial charge is 0.129 e. The van der Waals surface area contributed by atoms with Gasteiger partial charge >= 0.3 is 0 Å². The first-order chi connectivity index (χ1) is 6.75. The third-order valence-electron chi connectivity index (χ3n) is 2.48. The van der Waals surface area contributed by atoms with Crippen LogP contribution in [0.3, 0.4) is 0 Å². The number of hydrogen-bond donors (Lipinski definition) is 1.